The van der Waals surface area contributed by atoms with E-state index >= 15 is 0 Å². The van der Waals surface area contributed by atoms with E-state index in [0.717, 1.165) is 6.42 Å². The summed E-state index contributed by atoms with van der Waals surface area (Å²) in [7, 11) is 0. The van der Waals surface area contributed by atoms with E-state index in [1.165, 1.54) is 0 Å². The van der Waals surface area contributed by atoms with Gasteiger partial charge in [-0.3, -0.25) is 5.73 Å². The highest BCUT2D eigenvalue weighted by Gasteiger charge is 2.15. The molecule has 0 rings (SSSR count). The molecule has 5 nitrogen and oxygen atoms in total. The van der Waals surface area contributed by atoms with Gasteiger partial charge in [0.15, 0.2) is 0 Å². The topological polar surface area (TPSA) is 87.6 Å². The van der Waals surface area contributed by atoms with Crippen molar-refractivity contribution in [3.05, 3.63) is 0 Å². The molecular weight excluding hydrogens is 160 g/mol. The third-order valence-corrected chi connectivity index (χ3v) is 1.61. The summed E-state index contributed by atoms with van der Waals surface area (Å²) in [5.41, 5.74) is 5.25. The van der Waals surface area contributed by atoms with Crippen molar-refractivity contribution in [2.24, 2.45) is 17.5 Å². The van der Waals surface area contributed by atoms with Crippen LogP contribution in [0.2, 0.25) is 0 Å². The van der Waals surface area contributed by atoms with E-state index in [-0.39, 0.29) is 0 Å². The molecule has 72 valence electrons. The lowest BCUT2D eigenvalue weighted by atomic mass is 10.1. The molecule has 2 unspecified atom stereocenters. The van der Waals surface area contributed by atoms with Crippen molar-refractivity contribution >= 4 is 5.97 Å². The predicted molar refractivity (Wildman–Crippen MR) is 43.7 cm³/mol. The minimum atomic E-state index is -1.07. The van der Waals surface area contributed by atoms with Gasteiger partial charge in [-0.2, -0.15) is 5.90 Å². The first kappa shape index (κ1) is 11.4. The Kier molecular flexibility index (Phi) is 5.61. The second-order valence-corrected chi connectivity index (χ2v) is 2.70. The minimum absolute atomic E-state index is 0.377. The zero-order valence-electron chi connectivity index (χ0n) is 7.45. The molecular formula is C7H16N2O3. The summed E-state index contributed by atoms with van der Waals surface area (Å²) in [6.07, 6.45) is -0.0892. The van der Waals surface area contributed by atoms with Crippen LogP contribution < -0.4 is 11.6 Å². The monoisotopic (exact) mass is 176 g/mol. The first-order chi connectivity index (χ1) is 5.61. The van der Waals surface area contributed by atoms with Crippen molar-refractivity contribution in [2.45, 2.75) is 26.5 Å². The van der Waals surface area contributed by atoms with Crippen LogP contribution in [0.25, 0.3) is 0 Å². The Morgan fingerprint density at radius 3 is 2.58 bits per heavy atom. The quantitative estimate of drug-likeness (QED) is 0.445. The number of ether oxygens (including phenoxy) is 1. The lowest BCUT2D eigenvalue weighted by Gasteiger charge is -2.13. The van der Waals surface area contributed by atoms with E-state index < -0.39 is 12.2 Å². The van der Waals surface area contributed by atoms with Crippen molar-refractivity contribution in [1.82, 2.24) is 0 Å². The fourth-order valence-corrected chi connectivity index (χ4v) is 0.521. The Bertz CT molecular complexity index is 141. The smallest absolute Gasteiger partial charge is 0.368 e. The summed E-state index contributed by atoms with van der Waals surface area (Å²) in [4.78, 5) is 14.5. The van der Waals surface area contributed by atoms with Crippen LogP contribution in [0.5, 0.6) is 0 Å². The molecule has 0 saturated carbocycles. The molecule has 0 aliphatic rings. The van der Waals surface area contributed by atoms with Crippen molar-refractivity contribution in [3.8, 4) is 0 Å². The van der Waals surface area contributed by atoms with Crippen LogP contribution in [-0.4, -0.2) is 18.8 Å². The average molecular weight is 176 g/mol. The number of hydrogen-bond acceptors (Lipinski definition) is 5. The van der Waals surface area contributed by atoms with Gasteiger partial charge in [0.05, 0.1) is 6.61 Å². The van der Waals surface area contributed by atoms with E-state index in [0.29, 0.717) is 12.5 Å². The standard InChI is InChI=1S/C7H16N2O3/c1-3-5(2)4-11-6(8)7(10)12-9/h5-6H,3-4,8-9H2,1-2H3. The largest absolute Gasteiger partial charge is 0.370 e. The molecule has 0 saturated heterocycles. The second kappa shape index (κ2) is 5.93. The van der Waals surface area contributed by atoms with Gasteiger partial charge >= 0.3 is 5.97 Å². The lowest BCUT2D eigenvalue weighted by molar-refractivity contribution is -0.158. The lowest BCUT2D eigenvalue weighted by Crippen LogP contribution is -2.37. The molecule has 0 radical (unpaired) electrons. The molecule has 0 aliphatic heterocycles. The highest BCUT2D eigenvalue weighted by Crippen LogP contribution is 2.01. The van der Waals surface area contributed by atoms with Gasteiger partial charge in [-0.05, 0) is 5.92 Å². The van der Waals surface area contributed by atoms with Crippen LogP contribution >= 0.6 is 0 Å². The van der Waals surface area contributed by atoms with Gasteiger partial charge in [0, 0.05) is 0 Å². The minimum Gasteiger partial charge on any atom is -0.370 e. The average Bonchev–Trinajstić information content (AvgIpc) is 2.11. The summed E-state index contributed by atoms with van der Waals surface area (Å²) in [6.45, 7) is 4.47. The molecule has 0 bridgehead atoms. The molecule has 0 aromatic carbocycles. The van der Waals surface area contributed by atoms with Crippen LogP contribution in [0.15, 0.2) is 0 Å². The summed E-state index contributed by atoms with van der Waals surface area (Å²) in [5, 5.41) is 0. The number of carbonyl (C=O) groups is 1. The van der Waals surface area contributed by atoms with Crippen LogP contribution in [-0.2, 0) is 14.4 Å². The van der Waals surface area contributed by atoms with Crippen LogP contribution in [0.3, 0.4) is 0 Å². The van der Waals surface area contributed by atoms with E-state index in [4.69, 9.17) is 10.5 Å². The maximum Gasteiger partial charge on any atom is 0.368 e. The third kappa shape index (κ3) is 4.27. The fraction of sp³-hybridized carbons (Fsp3) is 0.857. The Hall–Kier alpha value is -0.650. The number of carbonyl (C=O) groups excluding carboxylic acids is 1. The maximum absolute atomic E-state index is 10.6. The maximum atomic E-state index is 10.6. The molecule has 2 atom stereocenters. The van der Waals surface area contributed by atoms with E-state index in [9.17, 15) is 4.79 Å². The molecule has 0 heterocycles. The zero-order valence-corrected chi connectivity index (χ0v) is 7.45. The summed E-state index contributed by atoms with van der Waals surface area (Å²) in [5.74, 6) is 4.23. The van der Waals surface area contributed by atoms with Gasteiger partial charge in [0.2, 0.25) is 6.23 Å². The van der Waals surface area contributed by atoms with Crippen LogP contribution in [0.4, 0.5) is 0 Å². The molecule has 0 fully saturated rings. The summed E-state index contributed by atoms with van der Waals surface area (Å²) >= 11 is 0. The van der Waals surface area contributed by atoms with E-state index in [1.807, 2.05) is 13.8 Å². The first-order valence-electron chi connectivity index (χ1n) is 3.89. The van der Waals surface area contributed by atoms with E-state index in [2.05, 4.69) is 10.7 Å². The van der Waals surface area contributed by atoms with Gasteiger partial charge < -0.3 is 9.57 Å². The van der Waals surface area contributed by atoms with Crippen molar-refractivity contribution in [3.63, 3.8) is 0 Å². The molecule has 0 aromatic rings. The van der Waals surface area contributed by atoms with E-state index in [1.54, 1.807) is 0 Å². The normalized spacial score (nSPS) is 15.3. The summed E-state index contributed by atoms with van der Waals surface area (Å²) in [6, 6.07) is 0. The fourth-order valence-electron chi connectivity index (χ4n) is 0.521. The van der Waals surface area contributed by atoms with Gasteiger partial charge in [0.25, 0.3) is 0 Å². The molecule has 0 amide bonds. The van der Waals surface area contributed by atoms with Gasteiger partial charge in [-0.1, -0.05) is 20.3 Å². The molecule has 0 aromatic heterocycles. The highest BCUT2D eigenvalue weighted by atomic mass is 16.7. The van der Waals surface area contributed by atoms with Crippen molar-refractivity contribution < 1.29 is 14.4 Å². The Labute approximate surface area is 72.0 Å². The SMILES string of the molecule is CCC(C)COC(N)C(=O)ON. The molecule has 4 N–H and O–H groups in total. The molecule has 5 heteroatoms. The van der Waals surface area contributed by atoms with Crippen LogP contribution in [0.1, 0.15) is 20.3 Å². The van der Waals surface area contributed by atoms with Gasteiger partial charge in [-0.15, -0.1) is 0 Å². The Balaban J connectivity index is 3.56. The molecule has 12 heavy (non-hydrogen) atoms. The number of nitrogens with two attached hydrogens (primary N) is 2. The van der Waals surface area contributed by atoms with Gasteiger partial charge in [0.1, 0.15) is 0 Å². The highest BCUT2D eigenvalue weighted by molar-refractivity contribution is 5.73. The predicted octanol–water partition coefficient (Wildman–Crippen LogP) is -0.249. The molecule has 0 aliphatic carbocycles. The number of rotatable bonds is 5. The zero-order chi connectivity index (χ0) is 9.56. The first-order valence-corrected chi connectivity index (χ1v) is 3.89. The molecule has 0 spiro atoms. The Morgan fingerprint density at radius 1 is 1.58 bits per heavy atom. The van der Waals surface area contributed by atoms with Crippen molar-refractivity contribution in [2.75, 3.05) is 6.61 Å². The van der Waals surface area contributed by atoms with Crippen LogP contribution in [0, 0.1) is 5.92 Å². The third-order valence-electron chi connectivity index (χ3n) is 1.61. The Morgan fingerprint density at radius 2 is 2.17 bits per heavy atom. The summed E-state index contributed by atoms with van der Waals surface area (Å²) < 4.78 is 4.97. The van der Waals surface area contributed by atoms with Gasteiger partial charge in [-0.25, -0.2) is 4.79 Å². The number of hydrogen-bond donors (Lipinski definition) is 2. The second-order valence-electron chi connectivity index (χ2n) is 2.70. The van der Waals surface area contributed by atoms with Crippen molar-refractivity contribution in [1.29, 1.82) is 0 Å².